The number of aromatic nitrogens is 1. The van der Waals surface area contributed by atoms with Crippen molar-refractivity contribution in [3.63, 3.8) is 0 Å². The van der Waals surface area contributed by atoms with E-state index in [9.17, 15) is 4.79 Å². The first-order valence-corrected chi connectivity index (χ1v) is 6.91. The van der Waals surface area contributed by atoms with Crippen LogP contribution in [0.5, 0.6) is 0 Å². The third kappa shape index (κ3) is 2.77. The average molecular weight is 277 g/mol. The number of rotatable bonds is 3. The van der Waals surface area contributed by atoms with Crippen molar-refractivity contribution in [2.24, 2.45) is 0 Å². The zero-order chi connectivity index (χ0) is 14.7. The summed E-state index contributed by atoms with van der Waals surface area (Å²) >= 11 is 0. The Bertz CT molecular complexity index is 782. The second-order valence-electron chi connectivity index (χ2n) is 4.69. The molecule has 1 aromatic heterocycles. The zero-order valence-electron chi connectivity index (χ0n) is 11.7. The molecular formula is C18H15NO2. The van der Waals surface area contributed by atoms with Gasteiger partial charge >= 0.3 is 5.97 Å². The van der Waals surface area contributed by atoms with Gasteiger partial charge in [0.1, 0.15) is 5.69 Å². The summed E-state index contributed by atoms with van der Waals surface area (Å²) in [5, 5.41) is 1.00. The van der Waals surface area contributed by atoms with Gasteiger partial charge in [0.05, 0.1) is 12.1 Å². The van der Waals surface area contributed by atoms with Crippen molar-refractivity contribution >= 4 is 16.9 Å². The molecule has 0 atom stereocenters. The van der Waals surface area contributed by atoms with Crippen molar-refractivity contribution in [3.8, 4) is 11.1 Å². The minimum atomic E-state index is -0.383. The lowest BCUT2D eigenvalue weighted by Crippen LogP contribution is -2.06. The van der Waals surface area contributed by atoms with Gasteiger partial charge in [0.2, 0.25) is 0 Å². The Hall–Kier alpha value is -2.68. The molecule has 3 nitrogen and oxygen atoms in total. The standard InChI is InChI=1S/C18H15NO2/c1-2-21-18(20)17-11-9-15-12-14(8-10-16(15)19-17)13-6-4-3-5-7-13/h3-12H,2H2,1H3. The van der Waals surface area contributed by atoms with Gasteiger partial charge in [-0.15, -0.1) is 0 Å². The molecule has 2 aromatic carbocycles. The fourth-order valence-electron chi connectivity index (χ4n) is 2.25. The van der Waals surface area contributed by atoms with Crippen molar-refractivity contribution in [3.05, 3.63) is 66.4 Å². The summed E-state index contributed by atoms with van der Waals surface area (Å²) in [5.74, 6) is -0.383. The van der Waals surface area contributed by atoms with Crippen LogP contribution < -0.4 is 0 Å². The smallest absolute Gasteiger partial charge is 0.356 e. The molecule has 0 N–H and O–H groups in total. The number of carbonyl (C=O) groups is 1. The molecule has 0 bridgehead atoms. The van der Waals surface area contributed by atoms with E-state index in [1.807, 2.05) is 36.4 Å². The summed E-state index contributed by atoms with van der Waals surface area (Å²) in [6, 6.07) is 19.8. The first kappa shape index (κ1) is 13.3. The predicted molar refractivity (Wildman–Crippen MR) is 83.1 cm³/mol. The van der Waals surface area contributed by atoms with Gasteiger partial charge in [-0.1, -0.05) is 42.5 Å². The predicted octanol–water partition coefficient (Wildman–Crippen LogP) is 4.08. The second kappa shape index (κ2) is 5.75. The summed E-state index contributed by atoms with van der Waals surface area (Å²) in [7, 11) is 0. The van der Waals surface area contributed by atoms with Crippen LogP contribution in [0.3, 0.4) is 0 Å². The second-order valence-corrected chi connectivity index (χ2v) is 4.69. The van der Waals surface area contributed by atoms with Crippen molar-refractivity contribution in [1.29, 1.82) is 0 Å². The summed E-state index contributed by atoms with van der Waals surface area (Å²) in [6.07, 6.45) is 0. The highest BCUT2D eigenvalue weighted by molar-refractivity contribution is 5.92. The number of carbonyl (C=O) groups excluding carboxylic acids is 1. The Morgan fingerprint density at radius 3 is 2.57 bits per heavy atom. The Morgan fingerprint density at radius 1 is 1.00 bits per heavy atom. The zero-order valence-corrected chi connectivity index (χ0v) is 11.7. The van der Waals surface area contributed by atoms with Gasteiger partial charge in [-0.05, 0) is 36.2 Å². The molecule has 21 heavy (non-hydrogen) atoms. The number of pyridine rings is 1. The van der Waals surface area contributed by atoms with Crippen LogP contribution in [0.4, 0.5) is 0 Å². The normalized spacial score (nSPS) is 10.5. The number of fused-ring (bicyclic) bond motifs is 1. The van der Waals surface area contributed by atoms with E-state index in [4.69, 9.17) is 4.74 Å². The molecule has 0 saturated carbocycles. The van der Waals surface area contributed by atoms with Crippen molar-refractivity contribution in [2.45, 2.75) is 6.92 Å². The average Bonchev–Trinajstić information content (AvgIpc) is 2.55. The van der Waals surface area contributed by atoms with Crippen LogP contribution in [0.2, 0.25) is 0 Å². The van der Waals surface area contributed by atoms with Gasteiger partial charge in [0, 0.05) is 5.39 Å². The largest absolute Gasteiger partial charge is 0.461 e. The summed E-state index contributed by atoms with van der Waals surface area (Å²) in [4.78, 5) is 16.0. The third-order valence-corrected chi connectivity index (χ3v) is 3.28. The van der Waals surface area contributed by atoms with Gasteiger partial charge in [-0.3, -0.25) is 0 Å². The highest BCUT2D eigenvalue weighted by Gasteiger charge is 2.09. The Balaban J connectivity index is 2.01. The Labute approximate surface area is 123 Å². The van der Waals surface area contributed by atoms with Crippen LogP contribution in [0.15, 0.2) is 60.7 Å². The van der Waals surface area contributed by atoms with Crippen LogP contribution in [0.25, 0.3) is 22.0 Å². The Morgan fingerprint density at radius 2 is 1.81 bits per heavy atom. The fourth-order valence-corrected chi connectivity index (χ4v) is 2.25. The van der Waals surface area contributed by atoms with Crippen LogP contribution in [-0.2, 0) is 4.74 Å². The molecule has 3 aromatic rings. The molecule has 0 amide bonds. The van der Waals surface area contributed by atoms with E-state index in [1.165, 1.54) is 0 Å². The summed E-state index contributed by atoms with van der Waals surface area (Å²) < 4.78 is 4.97. The fraction of sp³-hybridized carbons (Fsp3) is 0.111. The first-order chi connectivity index (χ1) is 10.3. The lowest BCUT2D eigenvalue weighted by molar-refractivity contribution is 0.0520. The van der Waals surface area contributed by atoms with Crippen molar-refractivity contribution < 1.29 is 9.53 Å². The molecule has 0 spiro atoms. The third-order valence-electron chi connectivity index (χ3n) is 3.28. The molecule has 104 valence electrons. The van der Waals surface area contributed by atoms with E-state index >= 15 is 0 Å². The van der Waals surface area contributed by atoms with E-state index in [1.54, 1.807) is 13.0 Å². The minimum absolute atomic E-state index is 0.344. The number of hydrogen-bond acceptors (Lipinski definition) is 3. The monoisotopic (exact) mass is 277 g/mol. The molecule has 3 rings (SSSR count). The molecule has 0 fully saturated rings. The highest BCUT2D eigenvalue weighted by Crippen LogP contribution is 2.23. The number of esters is 1. The van der Waals surface area contributed by atoms with Gasteiger partial charge in [0.15, 0.2) is 0 Å². The van der Waals surface area contributed by atoms with Crippen molar-refractivity contribution in [1.82, 2.24) is 4.98 Å². The summed E-state index contributed by atoms with van der Waals surface area (Å²) in [6.45, 7) is 2.14. The lowest BCUT2D eigenvalue weighted by Gasteiger charge is -2.05. The maximum atomic E-state index is 11.7. The molecule has 0 saturated heterocycles. The van der Waals surface area contributed by atoms with Crippen LogP contribution in [0, 0.1) is 0 Å². The van der Waals surface area contributed by atoms with E-state index in [-0.39, 0.29) is 5.97 Å². The van der Waals surface area contributed by atoms with E-state index < -0.39 is 0 Å². The number of benzene rings is 2. The quantitative estimate of drug-likeness (QED) is 0.677. The van der Waals surface area contributed by atoms with E-state index in [0.29, 0.717) is 12.3 Å². The number of hydrogen-bond donors (Lipinski definition) is 0. The van der Waals surface area contributed by atoms with Gasteiger partial charge in [-0.2, -0.15) is 0 Å². The van der Waals surface area contributed by atoms with Crippen LogP contribution in [0.1, 0.15) is 17.4 Å². The van der Waals surface area contributed by atoms with E-state index in [0.717, 1.165) is 22.0 Å². The van der Waals surface area contributed by atoms with Gasteiger partial charge in [-0.25, -0.2) is 9.78 Å². The van der Waals surface area contributed by atoms with E-state index in [2.05, 4.69) is 23.2 Å². The lowest BCUT2D eigenvalue weighted by atomic mass is 10.0. The topological polar surface area (TPSA) is 39.2 Å². The molecule has 1 heterocycles. The summed E-state index contributed by atoms with van der Waals surface area (Å²) in [5.41, 5.74) is 3.43. The maximum Gasteiger partial charge on any atom is 0.356 e. The SMILES string of the molecule is CCOC(=O)c1ccc2cc(-c3ccccc3)ccc2n1. The first-order valence-electron chi connectivity index (χ1n) is 6.91. The van der Waals surface area contributed by atoms with Gasteiger partial charge < -0.3 is 4.74 Å². The molecular weight excluding hydrogens is 262 g/mol. The van der Waals surface area contributed by atoms with Gasteiger partial charge in [0.25, 0.3) is 0 Å². The van der Waals surface area contributed by atoms with Crippen molar-refractivity contribution in [2.75, 3.05) is 6.61 Å². The molecule has 0 radical (unpaired) electrons. The Kier molecular flexibility index (Phi) is 3.65. The highest BCUT2D eigenvalue weighted by atomic mass is 16.5. The molecule has 0 aliphatic heterocycles. The van der Waals surface area contributed by atoms with Crippen LogP contribution in [-0.4, -0.2) is 17.6 Å². The van der Waals surface area contributed by atoms with Crippen LogP contribution >= 0.6 is 0 Å². The number of nitrogens with zero attached hydrogens (tertiary/aromatic N) is 1. The maximum absolute atomic E-state index is 11.7. The molecule has 0 aliphatic rings. The molecule has 3 heteroatoms. The number of ether oxygens (including phenoxy) is 1. The minimum Gasteiger partial charge on any atom is -0.461 e. The molecule has 0 aliphatic carbocycles. The molecule has 0 unspecified atom stereocenters.